The van der Waals surface area contributed by atoms with E-state index in [2.05, 4.69) is 52.2 Å². The fourth-order valence-electron chi connectivity index (χ4n) is 4.81. The van der Waals surface area contributed by atoms with Crippen molar-refractivity contribution in [3.05, 3.63) is 54.2 Å². The van der Waals surface area contributed by atoms with Gasteiger partial charge in [0.05, 0.1) is 11.3 Å². The highest BCUT2D eigenvalue weighted by Gasteiger charge is 2.33. The lowest BCUT2D eigenvalue weighted by atomic mass is 10.1. The number of nitrogen functional groups attached to an aromatic ring is 1. The molecule has 0 radical (unpaired) electrons. The summed E-state index contributed by atoms with van der Waals surface area (Å²) in [4.78, 5) is 30.8. The number of sulfonamides is 1. The highest BCUT2D eigenvalue weighted by Crippen LogP contribution is 2.33. The monoisotopic (exact) mass is 541 g/mol. The van der Waals surface area contributed by atoms with Crippen molar-refractivity contribution in [3.63, 3.8) is 0 Å². The zero-order valence-electron chi connectivity index (χ0n) is 22.4. The van der Waals surface area contributed by atoms with Gasteiger partial charge in [0.25, 0.3) is 15.9 Å². The molecule has 1 aliphatic rings. The molecule has 0 spiro atoms. The van der Waals surface area contributed by atoms with Crippen LogP contribution in [-0.4, -0.2) is 55.0 Å². The van der Waals surface area contributed by atoms with Crippen molar-refractivity contribution in [2.75, 3.05) is 29.1 Å². The van der Waals surface area contributed by atoms with Crippen molar-refractivity contribution >= 4 is 33.4 Å². The summed E-state index contributed by atoms with van der Waals surface area (Å²) in [6, 6.07) is 11.7. The first kappa shape index (κ1) is 27.3. The average molecular weight is 542 g/mol. The van der Waals surface area contributed by atoms with E-state index in [1.54, 1.807) is 18.3 Å². The SMILES string of the molecule is CC(C)CN(C)c1ccc(-c2ccc(C(=O)NS(=O)(=O)c3cccc(N)n3)c(N3[C@H](C)CC[C@@H]3C)n2)cn1.[HH].[HH]. The lowest BCUT2D eigenvalue weighted by Crippen LogP contribution is -2.37. The van der Waals surface area contributed by atoms with Crippen molar-refractivity contribution in [2.24, 2.45) is 5.92 Å². The van der Waals surface area contributed by atoms with E-state index in [-0.39, 0.29) is 31.3 Å². The normalized spacial score (nSPS) is 17.6. The topological polar surface area (TPSA) is 134 Å². The van der Waals surface area contributed by atoms with E-state index in [1.165, 1.54) is 18.2 Å². The molecule has 4 rings (SSSR count). The molecule has 0 aliphatic carbocycles. The second-order valence-electron chi connectivity index (χ2n) is 10.3. The lowest BCUT2D eigenvalue weighted by Gasteiger charge is -2.29. The third-order valence-corrected chi connectivity index (χ3v) is 7.87. The minimum Gasteiger partial charge on any atom is -0.384 e. The maximum absolute atomic E-state index is 13.3. The van der Waals surface area contributed by atoms with Crippen molar-refractivity contribution < 1.29 is 16.1 Å². The predicted octanol–water partition coefficient (Wildman–Crippen LogP) is 4.20. The largest absolute Gasteiger partial charge is 0.384 e. The molecule has 0 saturated carbocycles. The molecule has 3 aromatic rings. The summed E-state index contributed by atoms with van der Waals surface area (Å²) in [6.45, 7) is 9.36. The maximum Gasteiger partial charge on any atom is 0.281 e. The fraction of sp³-hybridized carbons (Fsp3) is 0.407. The molecule has 206 valence electrons. The van der Waals surface area contributed by atoms with Gasteiger partial charge >= 0.3 is 0 Å². The van der Waals surface area contributed by atoms with E-state index in [1.807, 2.05) is 19.2 Å². The molecule has 3 N–H and O–H groups in total. The predicted molar refractivity (Wildman–Crippen MR) is 154 cm³/mol. The molecule has 0 bridgehead atoms. The van der Waals surface area contributed by atoms with Crippen LogP contribution in [0.3, 0.4) is 0 Å². The van der Waals surface area contributed by atoms with Crippen molar-refractivity contribution in [2.45, 2.75) is 57.6 Å². The first-order valence-electron chi connectivity index (χ1n) is 12.7. The Balaban J connectivity index is 0.00000280. The molecule has 0 aromatic carbocycles. The molecule has 1 amide bonds. The Morgan fingerprint density at radius 3 is 2.45 bits per heavy atom. The van der Waals surface area contributed by atoms with Gasteiger partial charge in [-0.1, -0.05) is 19.9 Å². The Morgan fingerprint density at radius 1 is 1.13 bits per heavy atom. The highest BCUT2D eigenvalue weighted by atomic mass is 32.2. The smallest absolute Gasteiger partial charge is 0.281 e. The van der Waals surface area contributed by atoms with Crippen LogP contribution in [0.2, 0.25) is 0 Å². The summed E-state index contributed by atoms with van der Waals surface area (Å²) in [6.07, 6.45) is 3.65. The van der Waals surface area contributed by atoms with Crippen LogP contribution in [0.1, 0.15) is 53.7 Å². The third kappa shape index (κ3) is 5.88. The number of anilines is 3. The minimum atomic E-state index is -4.23. The van der Waals surface area contributed by atoms with Crippen molar-refractivity contribution in [3.8, 4) is 11.3 Å². The molecule has 0 unspecified atom stereocenters. The van der Waals surface area contributed by atoms with Gasteiger partial charge in [-0.05, 0) is 69.0 Å². The minimum absolute atomic E-state index is 0. The number of pyridine rings is 3. The van der Waals surface area contributed by atoms with Gasteiger partial charge < -0.3 is 15.5 Å². The zero-order chi connectivity index (χ0) is 27.6. The Kier molecular flexibility index (Phi) is 7.86. The number of nitrogens with two attached hydrogens (primary N) is 1. The van der Waals surface area contributed by atoms with Gasteiger partial charge in [-0.3, -0.25) is 4.79 Å². The zero-order valence-corrected chi connectivity index (χ0v) is 23.2. The molecule has 11 heteroatoms. The summed E-state index contributed by atoms with van der Waals surface area (Å²) in [5.74, 6) is 1.07. The maximum atomic E-state index is 13.3. The molecule has 1 fully saturated rings. The molecule has 1 aliphatic heterocycles. The first-order chi connectivity index (χ1) is 18.0. The number of aromatic nitrogens is 3. The average Bonchev–Trinajstić information content (AvgIpc) is 3.20. The van der Waals surface area contributed by atoms with E-state index in [4.69, 9.17) is 10.7 Å². The van der Waals surface area contributed by atoms with E-state index in [0.29, 0.717) is 17.4 Å². The van der Waals surface area contributed by atoms with Crippen LogP contribution in [0, 0.1) is 5.92 Å². The molecule has 1 saturated heterocycles. The first-order valence-corrected chi connectivity index (χ1v) is 14.2. The van der Waals surface area contributed by atoms with Gasteiger partial charge in [0.15, 0.2) is 5.03 Å². The van der Waals surface area contributed by atoms with Crippen LogP contribution in [0.25, 0.3) is 11.3 Å². The number of hydrogen-bond donors (Lipinski definition) is 2. The lowest BCUT2D eigenvalue weighted by molar-refractivity contribution is 0.0981. The van der Waals surface area contributed by atoms with Crippen LogP contribution in [0.5, 0.6) is 0 Å². The summed E-state index contributed by atoms with van der Waals surface area (Å²) in [7, 11) is -2.22. The third-order valence-electron chi connectivity index (χ3n) is 6.64. The quantitative estimate of drug-likeness (QED) is 0.430. The van der Waals surface area contributed by atoms with Gasteiger partial charge in [-0.25, -0.2) is 19.7 Å². The number of nitrogens with zero attached hydrogens (tertiary/aromatic N) is 5. The van der Waals surface area contributed by atoms with Crippen molar-refractivity contribution in [1.82, 2.24) is 19.7 Å². The number of carbonyl (C=O) groups is 1. The molecular weight excluding hydrogens is 502 g/mol. The van der Waals surface area contributed by atoms with Gasteiger partial charge in [0.1, 0.15) is 17.5 Å². The Bertz CT molecular complexity index is 1410. The van der Waals surface area contributed by atoms with E-state index in [0.717, 1.165) is 30.8 Å². The van der Waals surface area contributed by atoms with Crippen LogP contribution >= 0.6 is 0 Å². The van der Waals surface area contributed by atoms with Crippen molar-refractivity contribution in [1.29, 1.82) is 0 Å². The Labute approximate surface area is 227 Å². The number of rotatable bonds is 8. The molecule has 2 atom stereocenters. The summed E-state index contributed by atoms with van der Waals surface area (Å²) in [5, 5.41) is -0.325. The second kappa shape index (κ2) is 10.9. The van der Waals surface area contributed by atoms with E-state index in [9.17, 15) is 13.2 Å². The summed E-state index contributed by atoms with van der Waals surface area (Å²) >= 11 is 0. The van der Waals surface area contributed by atoms with Crippen LogP contribution in [0.15, 0.2) is 53.7 Å². The van der Waals surface area contributed by atoms with Gasteiger partial charge in [-0.2, -0.15) is 8.42 Å². The van der Waals surface area contributed by atoms with Gasteiger partial charge in [-0.15, -0.1) is 0 Å². The fourth-order valence-corrected chi connectivity index (χ4v) is 5.75. The highest BCUT2D eigenvalue weighted by molar-refractivity contribution is 7.90. The molecule has 10 nitrogen and oxygen atoms in total. The number of amides is 1. The van der Waals surface area contributed by atoms with Crippen LogP contribution in [0.4, 0.5) is 17.5 Å². The summed E-state index contributed by atoms with van der Waals surface area (Å²) < 4.78 is 27.9. The van der Waals surface area contributed by atoms with Gasteiger partial charge in [0, 0.05) is 40.3 Å². The van der Waals surface area contributed by atoms with Gasteiger partial charge in [0.2, 0.25) is 0 Å². The second-order valence-corrected chi connectivity index (χ2v) is 11.9. The Hall–Kier alpha value is -3.73. The molecule has 38 heavy (non-hydrogen) atoms. The summed E-state index contributed by atoms with van der Waals surface area (Å²) in [5.41, 5.74) is 7.26. The molecular formula is C27H39N7O3S. The number of carbonyl (C=O) groups excluding carboxylic acids is 1. The van der Waals surface area contributed by atoms with E-state index < -0.39 is 15.9 Å². The molecule has 3 aromatic heterocycles. The molecule has 4 heterocycles. The van der Waals surface area contributed by atoms with E-state index >= 15 is 0 Å². The number of nitrogens with one attached hydrogen (secondary N) is 1. The van der Waals surface area contributed by atoms with Crippen LogP contribution < -0.4 is 20.3 Å². The standard InChI is InChI=1S/C27H35N7O3S.2H2/c1-17(2)16-33(5)24-14-11-20(15-29-24)22-13-12-21(26(30-22)34-18(3)9-10-19(34)4)27(35)32-38(36,37)25-8-6-7-23(28)31-25;;/h6-8,11-15,17-19H,9-10,16H2,1-5H3,(H2,28,31)(H,32,35);2*1H/t18-,19+;;. The van der Waals surface area contributed by atoms with Crippen LogP contribution in [-0.2, 0) is 10.0 Å². The number of hydrogen-bond acceptors (Lipinski definition) is 9. The Morgan fingerprint density at radius 2 is 1.84 bits per heavy atom.